The third-order valence-corrected chi connectivity index (χ3v) is 2.84. The van der Waals surface area contributed by atoms with Gasteiger partial charge >= 0.3 is 0 Å². The Bertz CT molecular complexity index is 272. The molecule has 0 heterocycles. The maximum Gasteiger partial charge on any atom is 0.239 e. The van der Waals surface area contributed by atoms with Gasteiger partial charge in [-0.1, -0.05) is 33.1 Å². The summed E-state index contributed by atoms with van der Waals surface area (Å²) in [6.07, 6.45) is 5.79. The molecule has 0 aliphatic carbocycles. The molecule has 1 amide bonds. The number of guanidine groups is 1. The fourth-order valence-corrected chi connectivity index (χ4v) is 1.69. The summed E-state index contributed by atoms with van der Waals surface area (Å²) in [5.41, 5.74) is 0. The van der Waals surface area contributed by atoms with Gasteiger partial charge in [0.1, 0.15) is 0 Å². The lowest BCUT2D eigenvalue weighted by molar-refractivity contribution is -0.120. The van der Waals surface area contributed by atoms with E-state index >= 15 is 0 Å². The van der Waals surface area contributed by atoms with Gasteiger partial charge in [0.05, 0.1) is 6.54 Å². The number of carbonyl (C=O) groups excluding carboxylic acids is 1. The van der Waals surface area contributed by atoms with Crippen LogP contribution in [0, 0.1) is 0 Å². The second-order valence-electron chi connectivity index (χ2n) is 4.82. The number of rotatable bonds is 9. The molecular formula is C14H31IN4O. The number of halogens is 1. The lowest BCUT2D eigenvalue weighted by atomic mass is 10.1. The largest absolute Gasteiger partial charge is 0.355 e. The zero-order valence-electron chi connectivity index (χ0n) is 13.3. The second kappa shape index (κ2) is 14.9. The molecule has 0 aromatic carbocycles. The number of nitrogens with zero attached hydrogens (tertiary/aromatic N) is 1. The topological polar surface area (TPSA) is 65.5 Å². The van der Waals surface area contributed by atoms with E-state index in [1.54, 1.807) is 7.05 Å². The van der Waals surface area contributed by atoms with Crippen molar-refractivity contribution < 1.29 is 4.79 Å². The molecule has 0 aliphatic rings. The Hall–Kier alpha value is -0.530. The summed E-state index contributed by atoms with van der Waals surface area (Å²) in [5, 5.41) is 9.14. The van der Waals surface area contributed by atoms with Gasteiger partial charge in [0.2, 0.25) is 5.91 Å². The minimum absolute atomic E-state index is 0. The number of carbonyl (C=O) groups is 1. The third kappa shape index (κ3) is 12.5. The van der Waals surface area contributed by atoms with Gasteiger partial charge in [0, 0.05) is 19.6 Å². The molecule has 6 heteroatoms. The molecule has 0 saturated heterocycles. The molecule has 0 bridgehead atoms. The number of unbranched alkanes of at least 4 members (excludes halogenated alkanes) is 2. The van der Waals surface area contributed by atoms with Crippen LogP contribution in [0.15, 0.2) is 4.99 Å². The predicted octanol–water partition coefficient (Wildman–Crippen LogP) is 2.26. The monoisotopic (exact) mass is 398 g/mol. The number of aliphatic imine (C=N–C) groups is 1. The molecule has 0 radical (unpaired) electrons. The van der Waals surface area contributed by atoms with Crippen molar-refractivity contribution in [3.05, 3.63) is 0 Å². The molecule has 3 N–H and O–H groups in total. The Labute approximate surface area is 140 Å². The number of hydrogen-bond donors (Lipinski definition) is 3. The van der Waals surface area contributed by atoms with Gasteiger partial charge < -0.3 is 16.0 Å². The molecule has 0 saturated carbocycles. The van der Waals surface area contributed by atoms with E-state index in [4.69, 9.17) is 0 Å². The third-order valence-electron chi connectivity index (χ3n) is 2.84. The smallest absolute Gasteiger partial charge is 0.239 e. The van der Waals surface area contributed by atoms with Gasteiger partial charge in [-0.2, -0.15) is 0 Å². The van der Waals surface area contributed by atoms with E-state index < -0.39 is 0 Å². The lowest BCUT2D eigenvalue weighted by Crippen LogP contribution is -2.46. The lowest BCUT2D eigenvalue weighted by Gasteiger charge is -2.17. The molecule has 0 spiro atoms. The maximum atomic E-state index is 11.5. The van der Waals surface area contributed by atoms with Crippen molar-refractivity contribution >= 4 is 35.8 Å². The first-order valence-corrected chi connectivity index (χ1v) is 7.37. The van der Waals surface area contributed by atoms with Crippen molar-refractivity contribution in [2.75, 3.05) is 20.1 Å². The summed E-state index contributed by atoms with van der Waals surface area (Å²) in [5.74, 6) is 0.694. The molecule has 5 nitrogen and oxygen atoms in total. The van der Waals surface area contributed by atoms with Crippen molar-refractivity contribution in [3.63, 3.8) is 0 Å². The minimum atomic E-state index is 0. The van der Waals surface area contributed by atoms with E-state index in [0.717, 1.165) is 19.4 Å². The number of amides is 1. The van der Waals surface area contributed by atoms with Crippen LogP contribution in [0.1, 0.15) is 52.9 Å². The van der Waals surface area contributed by atoms with Crippen LogP contribution in [0.25, 0.3) is 0 Å². The van der Waals surface area contributed by atoms with Crippen LogP contribution in [0.3, 0.4) is 0 Å². The van der Waals surface area contributed by atoms with Crippen LogP contribution in [-0.4, -0.2) is 38.0 Å². The van der Waals surface area contributed by atoms with Gasteiger partial charge in [0.25, 0.3) is 0 Å². The molecule has 120 valence electrons. The highest BCUT2D eigenvalue weighted by molar-refractivity contribution is 14.0. The average molecular weight is 398 g/mol. The summed E-state index contributed by atoms with van der Waals surface area (Å²) < 4.78 is 0. The van der Waals surface area contributed by atoms with E-state index in [-0.39, 0.29) is 36.4 Å². The first-order chi connectivity index (χ1) is 9.13. The summed E-state index contributed by atoms with van der Waals surface area (Å²) in [4.78, 5) is 15.6. The Morgan fingerprint density at radius 3 is 2.40 bits per heavy atom. The van der Waals surface area contributed by atoms with Gasteiger partial charge in [-0.3, -0.25) is 9.79 Å². The molecule has 0 fully saturated rings. The number of hydrogen-bond acceptors (Lipinski definition) is 2. The van der Waals surface area contributed by atoms with Crippen LogP contribution in [-0.2, 0) is 4.79 Å². The Kier molecular flexibility index (Phi) is 16.2. The fourth-order valence-electron chi connectivity index (χ4n) is 1.69. The van der Waals surface area contributed by atoms with Crippen LogP contribution in [0.4, 0.5) is 0 Å². The standard InChI is InChI=1S/C14H30N4O.HI/c1-5-7-8-9-12(3)18-14(15-4)17-11-13(19)16-10-6-2;/h12H,5-11H2,1-4H3,(H,16,19)(H2,15,17,18);1H. The van der Waals surface area contributed by atoms with Crippen LogP contribution in [0.2, 0.25) is 0 Å². The van der Waals surface area contributed by atoms with E-state index in [0.29, 0.717) is 12.0 Å². The van der Waals surface area contributed by atoms with Gasteiger partial charge in [-0.25, -0.2) is 0 Å². The highest BCUT2D eigenvalue weighted by Crippen LogP contribution is 2.02. The molecule has 20 heavy (non-hydrogen) atoms. The summed E-state index contributed by atoms with van der Waals surface area (Å²) in [7, 11) is 1.72. The normalized spacial score (nSPS) is 12.3. The van der Waals surface area contributed by atoms with Crippen molar-refractivity contribution in [3.8, 4) is 0 Å². The van der Waals surface area contributed by atoms with E-state index in [1.807, 2.05) is 6.92 Å². The highest BCUT2D eigenvalue weighted by Gasteiger charge is 2.06. The summed E-state index contributed by atoms with van der Waals surface area (Å²) in [6, 6.07) is 0.372. The SMILES string of the molecule is CCCCCC(C)NC(=NC)NCC(=O)NCCC.I. The van der Waals surface area contributed by atoms with Gasteiger partial charge in [-0.15, -0.1) is 24.0 Å². The van der Waals surface area contributed by atoms with Gasteiger partial charge in [-0.05, 0) is 19.8 Å². The van der Waals surface area contributed by atoms with Crippen LogP contribution in [0.5, 0.6) is 0 Å². The first-order valence-electron chi connectivity index (χ1n) is 7.37. The summed E-state index contributed by atoms with van der Waals surface area (Å²) >= 11 is 0. The van der Waals surface area contributed by atoms with Crippen LogP contribution < -0.4 is 16.0 Å². The molecule has 0 aromatic rings. The van der Waals surface area contributed by atoms with Crippen molar-refractivity contribution in [2.45, 2.75) is 58.9 Å². The second-order valence-corrected chi connectivity index (χ2v) is 4.82. The highest BCUT2D eigenvalue weighted by atomic mass is 127. The molecule has 0 rings (SSSR count). The molecule has 1 unspecified atom stereocenters. The minimum Gasteiger partial charge on any atom is -0.355 e. The quantitative estimate of drug-likeness (QED) is 0.242. The van der Waals surface area contributed by atoms with Gasteiger partial charge in [0.15, 0.2) is 5.96 Å². The van der Waals surface area contributed by atoms with E-state index in [2.05, 4.69) is 34.8 Å². The zero-order chi connectivity index (χ0) is 14.5. The maximum absolute atomic E-state index is 11.5. The van der Waals surface area contributed by atoms with Crippen molar-refractivity contribution in [2.24, 2.45) is 4.99 Å². The molecule has 0 aliphatic heterocycles. The Morgan fingerprint density at radius 2 is 1.85 bits per heavy atom. The molecular weight excluding hydrogens is 367 g/mol. The summed E-state index contributed by atoms with van der Waals surface area (Å²) in [6.45, 7) is 7.36. The van der Waals surface area contributed by atoms with E-state index in [1.165, 1.54) is 19.3 Å². The Morgan fingerprint density at radius 1 is 1.15 bits per heavy atom. The first kappa shape index (κ1) is 21.8. The zero-order valence-corrected chi connectivity index (χ0v) is 15.6. The van der Waals surface area contributed by atoms with E-state index in [9.17, 15) is 4.79 Å². The molecule has 1 atom stereocenters. The van der Waals surface area contributed by atoms with Crippen molar-refractivity contribution in [1.29, 1.82) is 0 Å². The predicted molar refractivity (Wildman–Crippen MR) is 96.8 cm³/mol. The fraction of sp³-hybridized carbons (Fsp3) is 0.857. The number of nitrogens with one attached hydrogen (secondary N) is 3. The molecule has 0 aromatic heterocycles. The van der Waals surface area contributed by atoms with Crippen LogP contribution >= 0.6 is 24.0 Å². The van der Waals surface area contributed by atoms with Crippen molar-refractivity contribution in [1.82, 2.24) is 16.0 Å². The Balaban J connectivity index is 0. The average Bonchev–Trinajstić information content (AvgIpc) is 2.41.